The number of hydrogen-bond acceptors (Lipinski definition) is 15. The number of aromatic amines is 2. The van der Waals surface area contributed by atoms with Crippen molar-refractivity contribution in [2.24, 2.45) is 5.92 Å². The third-order valence-electron chi connectivity index (χ3n) is 22.0. The molecule has 4 N–H and O–H groups in total. The summed E-state index contributed by atoms with van der Waals surface area (Å²) >= 11 is 0. The van der Waals surface area contributed by atoms with Crippen molar-refractivity contribution in [1.82, 2.24) is 55.5 Å². The molecule has 2 aromatic heterocycles. The first-order valence-electron chi connectivity index (χ1n) is 38.7. The number of tetrazole rings is 2. The maximum Gasteiger partial charge on any atom is 0.416 e. The highest BCUT2D eigenvalue weighted by molar-refractivity contribution is 5.74. The van der Waals surface area contributed by atoms with Gasteiger partial charge < -0.3 is 34.1 Å². The Hall–Kier alpha value is -11.9. The zero-order chi connectivity index (χ0) is 90.7. The van der Waals surface area contributed by atoms with Crippen LogP contribution in [-0.4, -0.2) is 113 Å². The average molecular weight is 1770 g/mol. The number of rotatable bonds is 22. The van der Waals surface area contributed by atoms with Gasteiger partial charge in [-0.3, -0.25) is 14.6 Å². The number of benzene rings is 8. The number of likely N-dealkylation sites (tertiary alicyclic amines) is 2. The van der Waals surface area contributed by atoms with E-state index in [9.17, 15) is 108 Å². The standard InChI is InChI=1S/C31H29F6N5O4.C31H29F6NO5.C23H23F6N5O2/c1-20(22-14-24(30(32,33)34)16-25(15-22)31(35,36)37)46-19-29(23-10-6-3-7-11-23)13-12-26(42-27(43)38-39-40-42)17-41(29)28(44)45-18-21-8-4-2-5-9-21;1-20(23-14-25(30(32,33)34)16-26(15-23)31(35,36)37)43-19-29(24-10-6-3-7-11-24)13-12-22(27(39)40)17-38(29)28(41)42-18-21-8-4-2-5-9-21;1-14(15-9-17(22(24,25)26)11-18(10-15)23(27,28)29)36-13-21(16-5-3-2-4-6-16)8-7-19(12-30-21)34-20(35)31-32-33-34/h2-11,14-16,20,26H,12-13,17-19H2,1H3,(H,38,40,43);2-11,14-16,20,22H,12-13,17-19H2,1H3,(H,39,40);2-6,9-11,14,19,30H,7-8,12-13H2,1H3,(H,31,33,35)/t20-,26?,29-;20-,22?,29-;14-,19?,21-/m111/s1. The number of aliphatic carboxylic acids is 1. The Balaban J connectivity index is 0.000000184. The number of nitrogens with one attached hydrogen (secondary N) is 3. The highest BCUT2D eigenvalue weighted by Gasteiger charge is 2.52. The first kappa shape index (κ1) is 93.8. The van der Waals surface area contributed by atoms with Gasteiger partial charge in [-0.05, 0) is 179 Å². The fourth-order valence-electron chi connectivity index (χ4n) is 15.1. The molecule has 8 aromatic carbocycles. The van der Waals surface area contributed by atoms with Gasteiger partial charge in [-0.2, -0.15) is 88.4 Å². The van der Waals surface area contributed by atoms with Gasteiger partial charge in [-0.1, -0.05) is 152 Å². The van der Waals surface area contributed by atoms with Crippen LogP contribution < -0.4 is 16.7 Å². The largest absolute Gasteiger partial charge is 0.481 e. The molecule has 0 radical (unpaired) electrons. The number of ether oxygens (including phenoxy) is 5. The lowest BCUT2D eigenvalue weighted by Gasteiger charge is -2.49. The van der Waals surface area contributed by atoms with E-state index in [1.165, 1.54) is 35.3 Å². The van der Waals surface area contributed by atoms with E-state index in [-0.39, 0.29) is 106 Å². The van der Waals surface area contributed by atoms with Crippen molar-refractivity contribution in [2.75, 3.05) is 39.5 Å². The summed E-state index contributed by atoms with van der Waals surface area (Å²) in [6.45, 7) is 3.14. The average Bonchev–Trinajstić information content (AvgIpc) is 1.44. The second kappa shape index (κ2) is 38.7. The summed E-state index contributed by atoms with van der Waals surface area (Å²) in [5.74, 6) is -2.06. The molecule has 3 aliphatic heterocycles. The number of carboxylic acids is 1. The van der Waals surface area contributed by atoms with Crippen LogP contribution in [0.5, 0.6) is 0 Å². The van der Waals surface area contributed by atoms with Crippen molar-refractivity contribution >= 4 is 18.2 Å². The topological polar surface area (TPSA) is 263 Å². The maximum atomic E-state index is 13.9. The number of piperidine rings is 3. The van der Waals surface area contributed by atoms with Gasteiger partial charge in [0.05, 0.1) is 106 Å². The van der Waals surface area contributed by atoms with E-state index in [1.807, 2.05) is 30.3 Å². The van der Waals surface area contributed by atoms with Crippen molar-refractivity contribution < 1.29 is 122 Å². The smallest absolute Gasteiger partial charge is 0.416 e. The highest BCUT2D eigenvalue weighted by Crippen LogP contribution is 2.48. The molecule has 22 nitrogen and oxygen atoms in total. The Kier molecular flexibility index (Phi) is 29.0. The van der Waals surface area contributed by atoms with E-state index in [4.69, 9.17) is 23.7 Å². The van der Waals surface area contributed by atoms with Gasteiger partial charge in [0.2, 0.25) is 0 Å². The van der Waals surface area contributed by atoms with Gasteiger partial charge >= 0.3 is 66.6 Å². The summed E-state index contributed by atoms with van der Waals surface area (Å²) in [5.41, 5.74) is -10.7. The molecule has 668 valence electrons. The summed E-state index contributed by atoms with van der Waals surface area (Å²) < 4.78 is 274. The van der Waals surface area contributed by atoms with E-state index in [2.05, 4.69) is 36.4 Å². The maximum absolute atomic E-state index is 13.9. The number of carboxylic acid groups (broad SMARTS) is 1. The molecular weight excluding hydrogens is 1690 g/mol. The molecule has 0 saturated carbocycles. The molecule has 0 bridgehead atoms. The van der Waals surface area contributed by atoms with E-state index in [0.29, 0.717) is 84.5 Å². The highest BCUT2D eigenvalue weighted by atomic mass is 19.4. The molecule has 3 fully saturated rings. The SMILES string of the molecule is C[C@@H](OC[C@@]1(c2ccccc2)CCC(C(=O)O)CN1C(=O)OCc1ccccc1)c1cc(C(F)(F)F)cc(C(F)(F)F)c1.C[C@@H](OC[C@@]1(c2ccccc2)CCC(n2nn[nH]c2=O)CN1)c1cc(C(F)(F)F)cc(C(F)(F)F)c1.C[C@@H](OC[C@@]1(c2ccccc2)CCC(n2nn[nH]c2=O)CN1C(=O)OCc1ccccc1)c1cc(C(F)(F)F)cc(C(F)(F)F)c1. The summed E-state index contributed by atoms with van der Waals surface area (Å²) in [5, 5.41) is 32.2. The van der Waals surface area contributed by atoms with E-state index < -0.39 is 147 Å². The third-order valence-corrected chi connectivity index (χ3v) is 22.0. The zero-order valence-corrected chi connectivity index (χ0v) is 66.4. The van der Waals surface area contributed by atoms with Gasteiger partial charge in [0.25, 0.3) is 0 Å². The molecule has 13 rings (SSSR count). The molecule has 9 atom stereocenters. The van der Waals surface area contributed by atoms with E-state index >= 15 is 0 Å². The molecular formula is C85H81F18N11O11. The Morgan fingerprint density at radius 2 is 0.728 bits per heavy atom. The Bertz CT molecular complexity index is 5290. The zero-order valence-electron chi connectivity index (χ0n) is 66.4. The molecule has 40 heteroatoms. The van der Waals surface area contributed by atoms with Crippen molar-refractivity contribution in [2.45, 2.75) is 157 Å². The molecule has 3 saturated heterocycles. The minimum atomic E-state index is -5.03. The summed E-state index contributed by atoms with van der Waals surface area (Å²) in [4.78, 5) is 66.2. The van der Waals surface area contributed by atoms with Crippen LogP contribution in [0.4, 0.5) is 88.6 Å². The predicted molar refractivity (Wildman–Crippen MR) is 410 cm³/mol. The monoisotopic (exact) mass is 1770 g/mol. The number of halogens is 18. The summed E-state index contributed by atoms with van der Waals surface area (Å²) in [6.07, 6.45) is -33.6. The summed E-state index contributed by atoms with van der Waals surface area (Å²) in [7, 11) is 0. The fourth-order valence-corrected chi connectivity index (χ4v) is 15.1. The number of H-pyrrole nitrogens is 2. The number of hydrogen-bond donors (Lipinski definition) is 4. The first-order valence-corrected chi connectivity index (χ1v) is 38.7. The lowest BCUT2D eigenvalue weighted by molar-refractivity contribution is -0.147. The van der Waals surface area contributed by atoms with Crippen LogP contribution in [0.15, 0.2) is 216 Å². The lowest BCUT2D eigenvalue weighted by atomic mass is 9.78. The van der Waals surface area contributed by atoms with Crippen LogP contribution in [0, 0.1) is 5.92 Å². The number of carbonyl (C=O) groups excluding carboxylic acids is 2. The van der Waals surface area contributed by atoms with Crippen molar-refractivity contribution in [3.8, 4) is 0 Å². The van der Waals surface area contributed by atoms with Crippen molar-refractivity contribution in [3.05, 3.63) is 305 Å². The number of alkyl halides is 18. The molecule has 3 unspecified atom stereocenters. The number of nitrogens with zero attached hydrogens (tertiary/aromatic N) is 8. The second-order valence-corrected chi connectivity index (χ2v) is 30.2. The van der Waals surface area contributed by atoms with Gasteiger partial charge in [0.1, 0.15) is 13.2 Å². The van der Waals surface area contributed by atoms with Gasteiger partial charge in [-0.15, -0.1) is 0 Å². The number of amides is 2. The Morgan fingerprint density at radius 1 is 0.416 bits per heavy atom. The van der Waals surface area contributed by atoms with Crippen LogP contribution in [0.2, 0.25) is 0 Å². The van der Waals surface area contributed by atoms with Crippen LogP contribution in [-0.2, 0) is 95.4 Å². The molecule has 125 heavy (non-hydrogen) atoms. The lowest BCUT2D eigenvalue weighted by Crippen LogP contribution is -2.58. The minimum absolute atomic E-state index is 0.0315. The number of carbonyl (C=O) groups is 3. The quantitative estimate of drug-likeness (QED) is 0.0460. The molecule has 5 heterocycles. The van der Waals surface area contributed by atoms with Crippen LogP contribution in [0.3, 0.4) is 0 Å². The van der Waals surface area contributed by atoms with Crippen LogP contribution in [0.25, 0.3) is 0 Å². The van der Waals surface area contributed by atoms with E-state index in [1.54, 1.807) is 121 Å². The van der Waals surface area contributed by atoms with Gasteiger partial charge in [-0.25, -0.2) is 29.4 Å². The predicted octanol–water partition coefficient (Wildman–Crippen LogP) is 19.1. The summed E-state index contributed by atoms with van der Waals surface area (Å²) in [6, 6.07) is 47.1. The van der Waals surface area contributed by atoms with Crippen LogP contribution >= 0.6 is 0 Å². The van der Waals surface area contributed by atoms with Crippen molar-refractivity contribution in [3.63, 3.8) is 0 Å². The minimum Gasteiger partial charge on any atom is -0.481 e. The third kappa shape index (κ3) is 23.2. The number of aromatic nitrogens is 8. The Morgan fingerprint density at radius 3 is 1.05 bits per heavy atom. The molecule has 0 spiro atoms. The van der Waals surface area contributed by atoms with Crippen molar-refractivity contribution in [1.29, 1.82) is 0 Å². The van der Waals surface area contributed by atoms with Gasteiger partial charge in [0, 0.05) is 19.6 Å². The molecule has 0 aliphatic carbocycles. The Labute approximate surface area is 700 Å². The molecule has 10 aromatic rings. The second-order valence-electron chi connectivity index (χ2n) is 30.2. The molecule has 3 aliphatic rings. The fraction of sp³-hybridized carbons (Fsp3) is 0.376. The molecule has 2 amide bonds. The normalized spacial score (nSPS) is 20.4. The van der Waals surface area contributed by atoms with Gasteiger partial charge in [0.15, 0.2) is 0 Å². The van der Waals surface area contributed by atoms with E-state index in [0.717, 1.165) is 10.2 Å². The first-order chi connectivity index (χ1) is 58.9. The van der Waals surface area contributed by atoms with Crippen LogP contribution in [0.1, 0.15) is 168 Å².